The van der Waals surface area contributed by atoms with Crippen molar-refractivity contribution in [1.82, 2.24) is 9.88 Å². The summed E-state index contributed by atoms with van der Waals surface area (Å²) in [6.07, 6.45) is 4.12. The van der Waals surface area contributed by atoms with Crippen molar-refractivity contribution in [1.29, 1.82) is 0 Å². The van der Waals surface area contributed by atoms with E-state index in [9.17, 15) is 0 Å². The van der Waals surface area contributed by atoms with E-state index >= 15 is 0 Å². The lowest BCUT2D eigenvalue weighted by Crippen LogP contribution is -2.14. The summed E-state index contributed by atoms with van der Waals surface area (Å²) in [4.78, 5) is 10.7. The number of rotatable bonds is 8. The normalized spacial score (nSPS) is 13.3. The van der Waals surface area contributed by atoms with E-state index in [2.05, 4.69) is 94.1 Å². The zero-order valence-electron chi connectivity index (χ0n) is 17.9. The molecule has 30 heavy (non-hydrogen) atoms. The minimum Gasteiger partial charge on any atom is -0.309 e. The Kier molecular flexibility index (Phi) is 10.2. The fraction of sp³-hybridized carbons (Fsp3) is 0.333. The Hall–Kier alpha value is -2.53. The van der Waals surface area contributed by atoms with Gasteiger partial charge in [0, 0.05) is 24.4 Å². The third-order valence-corrected chi connectivity index (χ3v) is 4.84. The molecule has 1 aliphatic carbocycles. The first kappa shape index (κ1) is 23.7. The van der Waals surface area contributed by atoms with Gasteiger partial charge in [-0.1, -0.05) is 48.7 Å². The highest BCUT2D eigenvalue weighted by molar-refractivity contribution is 5.80. The van der Waals surface area contributed by atoms with Crippen LogP contribution >= 0.6 is 0 Å². The first-order valence-corrected chi connectivity index (χ1v) is 9.80. The number of allylic oxidation sites excluding steroid dienone is 1. The fourth-order valence-corrected chi connectivity index (χ4v) is 3.47. The summed E-state index contributed by atoms with van der Waals surface area (Å²) in [5, 5.41) is 15.2. The number of benzene rings is 1. The monoisotopic (exact) mass is 408 g/mol. The Morgan fingerprint density at radius 2 is 1.97 bits per heavy atom. The summed E-state index contributed by atoms with van der Waals surface area (Å²) in [7, 11) is 4.29. The number of nitrogens with zero attached hydrogens (tertiary/aromatic N) is 2. The molecule has 0 saturated carbocycles. The molecular formula is C24H28N2O4. The average Bonchev–Trinajstić information content (AvgIpc) is 3.14. The summed E-state index contributed by atoms with van der Waals surface area (Å²) < 4.78 is 0. The van der Waals surface area contributed by atoms with E-state index in [4.69, 9.17) is 5.26 Å². The van der Waals surface area contributed by atoms with Crippen molar-refractivity contribution in [3.05, 3.63) is 77.7 Å². The molecule has 1 heterocycles. The van der Waals surface area contributed by atoms with Gasteiger partial charge in [0.2, 0.25) is 0 Å². The zero-order valence-corrected chi connectivity index (χ0v) is 17.9. The summed E-state index contributed by atoms with van der Waals surface area (Å²) in [5.74, 6) is 5.15. The van der Waals surface area contributed by atoms with E-state index in [1.807, 2.05) is 12.3 Å². The van der Waals surface area contributed by atoms with Crippen LogP contribution in [0.25, 0.3) is 5.57 Å². The van der Waals surface area contributed by atoms with Crippen molar-refractivity contribution < 1.29 is 20.2 Å². The molecule has 0 aliphatic heterocycles. The molecule has 0 unspecified atom stereocenters. The topological polar surface area (TPSA) is 63.7 Å². The van der Waals surface area contributed by atoms with Crippen LogP contribution in [0.2, 0.25) is 0 Å². The van der Waals surface area contributed by atoms with E-state index < -0.39 is 0 Å². The van der Waals surface area contributed by atoms with Gasteiger partial charge in [-0.25, -0.2) is 0 Å². The van der Waals surface area contributed by atoms with Crippen LogP contribution in [0.3, 0.4) is 0 Å². The van der Waals surface area contributed by atoms with Gasteiger partial charge in [-0.3, -0.25) is 4.98 Å². The minimum absolute atomic E-state index is 0.349. The summed E-state index contributed by atoms with van der Waals surface area (Å²) in [6, 6.07) is 15.0. The quantitative estimate of drug-likeness (QED) is 0.278. The highest BCUT2D eigenvalue weighted by Crippen LogP contribution is 2.42. The van der Waals surface area contributed by atoms with Gasteiger partial charge < -0.3 is 4.90 Å². The summed E-state index contributed by atoms with van der Waals surface area (Å²) in [5.41, 5.74) is 7.13. The second-order valence-electron chi connectivity index (χ2n) is 7.13. The molecule has 0 N–H and O–H groups in total. The van der Waals surface area contributed by atoms with Crippen LogP contribution in [0.4, 0.5) is 0 Å². The van der Waals surface area contributed by atoms with Gasteiger partial charge in [-0.2, -0.15) is 4.89 Å². The second-order valence-corrected chi connectivity index (χ2v) is 7.13. The molecule has 3 rings (SSSR count). The Balaban J connectivity index is 0.000000343. The van der Waals surface area contributed by atoms with Crippen molar-refractivity contribution >= 4 is 5.57 Å². The molecule has 0 spiro atoms. The lowest BCUT2D eigenvalue weighted by Gasteiger charge is -2.18. The lowest BCUT2D eigenvalue weighted by molar-refractivity contribution is -0.637. The molecule has 0 bridgehead atoms. The number of fused-ring (bicyclic) bond motifs is 1. The molecule has 1 atom stereocenters. The first-order valence-electron chi connectivity index (χ1n) is 9.80. The molecular weight excluding hydrogens is 380 g/mol. The van der Waals surface area contributed by atoms with E-state index in [0.717, 1.165) is 31.7 Å². The molecule has 6 nitrogen and oxygen atoms in total. The number of pyridine rings is 1. The third-order valence-electron chi connectivity index (χ3n) is 4.84. The number of hydrogen-bond acceptors (Lipinski definition) is 5. The van der Waals surface area contributed by atoms with Gasteiger partial charge in [0.05, 0.1) is 0 Å². The predicted molar refractivity (Wildman–Crippen MR) is 115 cm³/mol. The Morgan fingerprint density at radius 1 is 1.20 bits per heavy atom. The molecule has 0 fully saturated rings. The van der Waals surface area contributed by atoms with Crippen LogP contribution in [-0.4, -0.2) is 30.5 Å². The van der Waals surface area contributed by atoms with Crippen molar-refractivity contribution in [3.63, 3.8) is 0 Å². The van der Waals surface area contributed by atoms with Gasteiger partial charge >= 0.3 is 0 Å². The first-order chi connectivity index (χ1) is 14.6. The van der Waals surface area contributed by atoms with E-state index in [-0.39, 0.29) is 0 Å². The van der Waals surface area contributed by atoms with Crippen LogP contribution in [0.15, 0.2) is 54.2 Å². The van der Waals surface area contributed by atoms with Crippen LogP contribution in [0.5, 0.6) is 0 Å². The minimum atomic E-state index is 0.349. The number of aromatic nitrogens is 1. The van der Waals surface area contributed by atoms with Crippen LogP contribution in [0, 0.1) is 18.4 Å². The van der Waals surface area contributed by atoms with E-state index in [1.165, 1.54) is 16.7 Å². The van der Waals surface area contributed by atoms with Crippen molar-refractivity contribution in [3.8, 4) is 11.8 Å². The molecule has 2 radical (unpaired) electrons. The molecule has 1 aromatic heterocycles. The fourth-order valence-electron chi connectivity index (χ4n) is 3.47. The van der Waals surface area contributed by atoms with Crippen molar-refractivity contribution in [2.24, 2.45) is 0 Å². The predicted octanol–water partition coefficient (Wildman–Crippen LogP) is 4.54. The van der Waals surface area contributed by atoms with E-state index in [1.54, 1.807) is 12.5 Å². The van der Waals surface area contributed by atoms with Crippen LogP contribution < -0.4 is 0 Å². The maximum Gasteiger partial charge on any atom is 0.197 e. The van der Waals surface area contributed by atoms with Crippen LogP contribution in [-0.2, 0) is 26.6 Å². The second kappa shape index (κ2) is 12.9. The molecule has 6 heteroatoms. The third kappa shape index (κ3) is 7.06. The standard InChI is InChI=1S/C20H24N2.C4H4O4/c1-15(19-10-6-7-12-21-19)20-17(11-13-22(2)3)14-16-8-4-5-9-18(16)20;1-2-3-4-6-8-7-5/h4-10,12,15H,11,13-14H2,1-3H3;4H,1H3/t15-;/m0./s1. The van der Waals surface area contributed by atoms with Gasteiger partial charge in [-0.15, -0.1) is 5.92 Å². The highest BCUT2D eigenvalue weighted by atomic mass is 17.6. The molecule has 1 aromatic carbocycles. The van der Waals surface area contributed by atoms with Gasteiger partial charge in [0.15, 0.2) is 6.61 Å². The Labute approximate surface area is 178 Å². The molecule has 2 aromatic rings. The Bertz CT molecular complexity index is 870. The van der Waals surface area contributed by atoms with Gasteiger partial charge in [0.25, 0.3) is 0 Å². The average molecular weight is 408 g/mol. The smallest absolute Gasteiger partial charge is 0.197 e. The van der Waals surface area contributed by atoms with Crippen molar-refractivity contribution in [2.75, 3.05) is 20.6 Å². The SMILES string of the molecule is CC#C[CH]OOO[O].C[C@H](C1=C(CCN(C)C)Cc2ccccc21)c1ccccn1. The number of hydrogen-bond donors (Lipinski definition) is 0. The van der Waals surface area contributed by atoms with Crippen molar-refractivity contribution in [2.45, 2.75) is 32.6 Å². The molecule has 158 valence electrons. The maximum atomic E-state index is 8.98. The van der Waals surface area contributed by atoms with Crippen LogP contribution in [0.1, 0.15) is 43.0 Å². The van der Waals surface area contributed by atoms with E-state index in [0.29, 0.717) is 5.92 Å². The van der Waals surface area contributed by atoms with Gasteiger partial charge in [0.1, 0.15) is 0 Å². The molecule has 0 amide bonds. The van der Waals surface area contributed by atoms with Gasteiger partial charge in [-0.05, 0) is 78.0 Å². The largest absolute Gasteiger partial charge is 0.309 e. The summed E-state index contributed by atoms with van der Waals surface area (Å²) >= 11 is 0. The lowest BCUT2D eigenvalue weighted by atomic mass is 9.89. The molecule has 1 aliphatic rings. The molecule has 0 saturated heterocycles. The zero-order chi connectivity index (χ0) is 21.8. The Morgan fingerprint density at radius 3 is 2.63 bits per heavy atom. The highest BCUT2D eigenvalue weighted by Gasteiger charge is 2.26. The maximum absolute atomic E-state index is 8.98. The summed E-state index contributed by atoms with van der Waals surface area (Å²) in [6.45, 7) is 5.98.